The van der Waals surface area contributed by atoms with E-state index in [-0.39, 0.29) is 0 Å². The third-order valence-corrected chi connectivity index (χ3v) is 1.33. The van der Waals surface area contributed by atoms with Gasteiger partial charge < -0.3 is 0 Å². The highest BCUT2D eigenvalue weighted by Crippen LogP contribution is 1.93. The Morgan fingerprint density at radius 2 is 2.30 bits per heavy atom. The molecule has 0 amide bonds. The van der Waals surface area contributed by atoms with E-state index in [2.05, 4.69) is 18.8 Å². The van der Waals surface area contributed by atoms with Crippen LogP contribution in [0.3, 0.4) is 0 Å². The molecule has 0 aromatic heterocycles. The summed E-state index contributed by atoms with van der Waals surface area (Å²) in [5, 5.41) is 2.68. The second-order valence-electron chi connectivity index (χ2n) is 2.30. The average molecular weight is 145 g/mol. The van der Waals surface area contributed by atoms with Crippen LogP contribution in [-0.4, -0.2) is 12.8 Å². The van der Waals surface area contributed by atoms with Gasteiger partial charge in [0.15, 0.2) is 6.30 Å². The molecule has 0 aliphatic rings. The summed E-state index contributed by atoms with van der Waals surface area (Å²) in [4.78, 5) is 0. The zero-order chi connectivity index (χ0) is 7.82. The van der Waals surface area contributed by atoms with Gasteiger partial charge in [-0.15, -0.1) is 0 Å². The van der Waals surface area contributed by atoms with Crippen molar-refractivity contribution in [2.24, 2.45) is 0 Å². The Morgan fingerprint density at radius 1 is 1.60 bits per heavy atom. The first-order chi connectivity index (χ1) is 4.81. The molecule has 0 aliphatic carbocycles. The van der Waals surface area contributed by atoms with Crippen molar-refractivity contribution in [3.8, 4) is 0 Å². The lowest BCUT2D eigenvalue weighted by Gasteiger charge is -2.03. The van der Waals surface area contributed by atoms with Crippen LogP contribution in [0.2, 0.25) is 0 Å². The van der Waals surface area contributed by atoms with E-state index in [1.807, 2.05) is 0 Å². The number of hydrogen-bond donors (Lipinski definition) is 1. The maximum atomic E-state index is 12.3. The summed E-state index contributed by atoms with van der Waals surface area (Å²) in [5.41, 5.74) is 0. The number of rotatable bonds is 6. The van der Waals surface area contributed by atoms with Crippen LogP contribution in [0.1, 0.15) is 26.2 Å². The normalized spacial score (nSPS) is 13.0. The van der Waals surface area contributed by atoms with Gasteiger partial charge in [-0.1, -0.05) is 26.3 Å². The number of hydrogen-bond acceptors (Lipinski definition) is 1. The summed E-state index contributed by atoms with van der Waals surface area (Å²) in [6.07, 6.45) is 3.62. The van der Waals surface area contributed by atoms with Gasteiger partial charge in [0.1, 0.15) is 0 Å². The summed E-state index contributed by atoms with van der Waals surface area (Å²) in [6.45, 7) is 6.20. The van der Waals surface area contributed by atoms with Gasteiger partial charge in [0.2, 0.25) is 0 Å². The fourth-order valence-corrected chi connectivity index (χ4v) is 0.698. The molecule has 0 saturated carbocycles. The SMILES string of the molecule is C=CC(F)NCCCCC. The maximum Gasteiger partial charge on any atom is 0.169 e. The minimum atomic E-state index is -1.03. The number of nitrogens with one attached hydrogen (secondary N) is 1. The second kappa shape index (κ2) is 6.75. The zero-order valence-electron chi connectivity index (χ0n) is 6.57. The highest BCUT2D eigenvalue weighted by molar-refractivity contribution is 4.75. The minimum absolute atomic E-state index is 0.751. The molecule has 0 rings (SSSR count). The molecule has 1 nitrogen and oxygen atoms in total. The van der Waals surface area contributed by atoms with Gasteiger partial charge in [-0.25, -0.2) is 4.39 Å². The first kappa shape index (κ1) is 9.63. The van der Waals surface area contributed by atoms with Crippen molar-refractivity contribution >= 4 is 0 Å². The van der Waals surface area contributed by atoms with Crippen molar-refractivity contribution in [2.75, 3.05) is 6.54 Å². The van der Waals surface area contributed by atoms with Gasteiger partial charge in [-0.2, -0.15) is 0 Å². The van der Waals surface area contributed by atoms with Gasteiger partial charge in [-0.3, -0.25) is 5.32 Å². The molecular weight excluding hydrogens is 129 g/mol. The van der Waals surface area contributed by atoms with Crippen LogP contribution < -0.4 is 5.32 Å². The topological polar surface area (TPSA) is 12.0 Å². The molecule has 0 aromatic carbocycles. The van der Waals surface area contributed by atoms with Crippen molar-refractivity contribution in [3.63, 3.8) is 0 Å². The molecule has 0 spiro atoms. The van der Waals surface area contributed by atoms with E-state index in [9.17, 15) is 4.39 Å². The van der Waals surface area contributed by atoms with E-state index in [4.69, 9.17) is 0 Å². The van der Waals surface area contributed by atoms with E-state index in [1.165, 1.54) is 12.5 Å². The molecular formula is C8H16FN. The van der Waals surface area contributed by atoms with Crippen LogP contribution in [0.5, 0.6) is 0 Å². The Balaban J connectivity index is 2.95. The maximum absolute atomic E-state index is 12.3. The Kier molecular flexibility index (Phi) is 6.50. The lowest BCUT2D eigenvalue weighted by atomic mass is 10.2. The fraction of sp³-hybridized carbons (Fsp3) is 0.750. The predicted octanol–water partition coefficient (Wildman–Crippen LogP) is 2.25. The summed E-state index contributed by atoms with van der Waals surface area (Å²) < 4.78 is 12.3. The van der Waals surface area contributed by atoms with Crippen LogP contribution in [0.25, 0.3) is 0 Å². The predicted molar refractivity (Wildman–Crippen MR) is 42.6 cm³/mol. The van der Waals surface area contributed by atoms with E-state index in [0.29, 0.717) is 0 Å². The second-order valence-corrected chi connectivity index (χ2v) is 2.30. The molecule has 0 heterocycles. The third kappa shape index (κ3) is 5.76. The number of alkyl halides is 1. The van der Waals surface area contributed by atoms with E-state index in [0.717, 1.165) is 19.4 Å². The zero-order valence-corrected chi connectivity index (χ0v) is 6.57. The smallest absolute Gasteiger partial charge is 0.169 e. The molecule has 1 atom stereocenters. The van der Waals surface area contributed by atoms with E-state index < -0.39 is 6.30 Å². The highest BCUT2D eigenvalue weighted by atomic mass is 19.1. The molecule has 60 valence electrons. The summed E-state index contributed by atoms with van der Waals surface area (Å²) >= 11 is 0. The molecule has 0 saturated heterocycles. The summed E-state index contributed by atoms with van der Waals surface area (Å²) in [6, 6.07) is 0. The molecule has 0 radical (unpaired) electrons. The van der Waals surface area contributed by atoms with Crippen molar-refractivity contribution in [2.45, 2.75) is 32.5 Å². The van der Waals surface area contributed by atoms with E-state index in [1.54, 1.807) is 0 Å². The average Bonchev–Trinajstić information content (AvgIpc) is 1.98. The van der Waals surface area contributed by atoms with Crippen molar-refractivity contribution < 1.29 is 4.39 Å². The first-order valence-corrected chi connectivity index (χ1v) is 3.81. The number of unbranched alkanes of at least 4 members (excludes halogenated alkanes) is 2. The quantitative estimate of drug-likeness (QED) is 0.343. The van der Waals surface area contributed by atoms with Crippen molar-refractivity contribution in [1.82, 2.24) is 5.32 Å². The minimum Gasteiger partial charge on any atom is -0.284 e. The monoisotopic (exact) mass is 145 g/mol. The lowest BCUT2D eigenvalue weighted by molar-refractivity contribution is 0.332. The van der Waals surface area contributed by atoms with Gasteiger partial charge in [0, 0.05) is 0 Å². The molecule has 1 N–H and O–H groups in total. The molecule has 1 unspecified atom stereocenters. The van der Waals surface area contributed by atoms with Crippen LogP contribution in [-0.2, 0) is 0 Å². The number of halogens is 1. The summed E-state index contributed by atoms with van der Waals surface area (Å²) in [5.74, 6) is 0. The summed E-state index contributed by atoms with van der Waals surface area (Å²) in [7, 11) is 0. The molecule has 2 heteroatoms. The molecule has 0 aromatic rings. The van der Waals surface area contributed by atoms with Gasteiger partial charge in [-0.05, 0) is 19.0 Å². The molecule has 0 bridgehead atoms. The molecule has 10 heavy (non-hydrogen) atoms. The Morgan fingerprint density at radius 3 is 2.80 bits per heavy atom. The van der Waals surface area contributed by atoms with E-state index >= 15 is 0 Å². The van der Waals surface area contributed by atoms with Crippen LogP contribution in [0.4, 0.5) is 4.39 Å². The molecule has 0 fully saturated rings. The largest absolute Gasteiger partial charge is 0.284 e. The Labute approximate surface area is 62.3 Å². The first-order valence-electron chi connectivity index (χ1n) is 3.81. The Bertz CT molecular complexity index is 83.3. The standard InChI is InChI=1S/C8H16FN/c1-3-5-6-7-10-8(9)4-2/h4,8,10H,2-3,5-7H2,1H3. The highest BCUT2D eigenvalue weighted by Gasteiger charge is 1.95. The fourth-order valence-electron chi connectivity index (χ4n) is 0.698. The third-order valence-electron chi connectivity index (χ3n) is 1.33. The van der Waals surface area contributed by atoms with Crippen molar-refractivity contribution in [3.05, 3.63) is 12.7 Å². The van der Waals surface area contributed by atoms with Crippen LogP contribution in [0.15, 0.2) is 12.7 Å². The Hall–Kier alpha value is -0.370. The van der Waals surface area contributed by atoms with Crippen LogP contribution in [0, 0.1) is 0 Å². The van der Waals surface area contributed by atoms with Gasteiger partial charge in [0.05, 0.1) is 0 Å². The van der Waals surface area contributed by atoms with Crippen molar-refractivity contribution in [1.29, 1.82) is 0 Å². The van der Waals surface area contributed by atoms with Crippen LogP contribution >= 0.6 is 0 Å². The van der Waals surface area contributed by atoms with Gasteiger partial charge in [0.25, 0.3) is 0 Å². The molecule has 0 aliphatic heterocycles. The van der Waals surface area contributed by atoms with Gasteiger partial charge >= 0.3 is 0 Å². The lowest BCUT2D eigenvalue weighted by Crippen LogP contribution is -2.23.